The van der Waals surface area contributed by atoms with Crippen molar-refractivity contribution in [1.82, 2.24) is 10.6 Å². The first-order chi connectivity index (χ1) is 5.24. The molecule has 2 amide bonds. The van der Waals surface area contributed by atoms with Crippen LogP contribution in [0.2, 0.25) is 0 Å². The van der Waals surface area contributed by atoms with Gasteiger partial charge in [0.05, 0.1) is 12.6 Å². The van der Waals surface area contributed by atoms with Crippen molar-refractivity contribution < 1.29 is 9.53 Å². The van der Waals surface area contributed by atoms with Crippen molar-refractivity contribution in [1.29, 1.82) is 0 Å². The van der Waals surface area contributed by atoms with Gasteiger partial charge in [-0.3, -0.25) is 0 Å². The highest BCUT2D eigenvalue weighted by Gasteiger charge is 2.07. The van der Waals surface area contributed by atoms with Gasteiger partial charge < -0.3 is 15.4 Å². The molecule has 0 aromatic carbocycles. The van der Waals surface area contributed by atoms with Crippen molar-refractivity contribution in [2.45, 2.75) is 19.4 Å². The standard InChI is InChI=1S/C7H16N2O2/c1-4-6(5-11-3)9-7(10)8-2/h6H,4-5H2,1-3H3,(H2,8,9,10). The minimum Gasteiger partial charge on any atom is -0.383 e. The molecule has 4 nitrogen and oxygen atoms in total. The van der Waals surface area contributed by atoms with Crippen LogP contribution in [0, 0.1) is 0 Å². The zero-order valence-electron chi connectivity index (χ0n) is 7.31. The largest absolute Gasteiger partial charge is 0.383 e. The van der Waals surface area contributed by atoms with E-state index in [9.17, 15) is 4.79 Å². The maximum atomic E-state index is 10.8. The van der Waals surface area contributed by atoms with Crippen LogP contribution in [0.15, 0.2) is 0 Å². The van der Waals surface area contributed by atoms with Gasteiger partial charge in [-0.2, -0.15) is 0 Å². The molecule has 66 valence electrons. The number of amides is 2. The number of carbonyl (C=O) groups is 1. The van der Waals surface area contributed by atoms with Gasteiger partial charge in [-0.25, -0.2) is 4.79 Å². The van der Waals surface area contributed by atoms with Crippen molar-refractivity contribution >= 4 is 6.03 Å². The molecule has 0 aliphatic heterocycles. The predicted octanol–water partition coefficient (Wildman–Crippen LogP) is 0.340. The second-order valence-corrected chi connectivity index (χ2v) is 2.28. The van der Waals surface area contributed by atoms with E-state index in [4.69, 9.17) is 4.74 Å². The molecular formula is C7H16N2O2. The number of urea groups is 1. The first kappa shape index (κ1) is 10.2. The number of ether oxygens (including phenoxy) is 1. The number of hydrogen-bond donors (Lipinski definition) is 2. The van der Waals surface area contributed by atoms with E-state index in [1.165, 1.54) is 0 Å². The summed E-state index contributed by atoms with van der Waals surface area (Å²) in [6.45, 7) is 2.56. The molecule has 0 saturated carbocycles. The maximum Gasteiger partial charge on any atom is 0.314 e. The van der Waals surface area contributed by atoms with E-state index in [1.807, 2.05) is 6.92 Å². The van der Waals surface area contributed by atoms with Crippen LogP contribution >= 0.6 is 0 Å². The molecule has 2 N–H and O–H groups in total. The molecule has 0 saturated heterocycles. The van der Waals surface area contributed by atoms with Crippen LogP contribution in [0.5, 0.6) is 0 Å². The summed E-state index contributed by atoms with van der Waals surface area (Å²) in [6.07, 6.45) is 0.876. The maximum absolute atomic E-state index is 10.8. The van der Waals surface area contributed by atoms with E-state index >= 15 is 0 Å². The number of hydrogen-bond acceptors (Lipinski definition) is 2. The van der Waals surface area contributed by atoms with Gasteiger partial charge in [0.25, 0.3) is 0 Å². The monoisotopic (exact) mass is 160 g/mol. The van der Waals surface area contributed by atoms with Crippen LogP contribution in [0.1, 0.15) is 13.3 Å². The first-order valence-electron chi connectivity index (χ1n) is 3.71. The quantitative estimate of drug-likeness (QED) is 0.623. The molecule has 0 bridgehead atoms. The molecule has 0 heterocycles. The third-order valence-electron chi connectivity index (χ3n) is 1.42. The van der Waals surface area contributed by atoms with Crippen molar-refractivity contribution in [2.75, 3.05) is 20.8 Å². The minimum atomic E-state index is -0.158. The number of methoxy groups -OCH3 is 1. The summed E-state index contributed by atoms with van der Waals surface area (Å²) >= 11 is 0. The van der Waals surface area contributed by atoms with Crippen molar-refractivity contribution in [3.63, 3.8) is 0 Å². The first-order valence-corrected chi connectivity index (χ1v) is 3.71. The van der Waals surface area contributed by atoms with Gasteiger partial charge in [-0.05, 0) is 6.42 Å². The Hall–Kier alpha value is -0.770. The Labute approximate surface area is 67.3 Å². The van der Waals surface area contributed by atoms with E-state index in [2.05, 4.69) is 10.6 Å². The zero-order valence-corrected chi connectivity index (χ0v) is 7.31. The summed E-state index contributed by atoms with van der Waals surface area (Å²) in [5.74, 6) is 0. The Bertz CT molecular complexity index is 117. The lowest BCUT2D eigenvalue weighted by atomic mass is 10.2. The molecule has 0 rings (SSSR count). The summed E-state index contributed by atoms with van der Waals surface area (Å²) < 4.78 is 4.90. The van der Waals surface area contributed by atoms with Gasteiger partial charge in [0.2, 0.25) is 0 Å². The average molecular weight is 160 g/mol. The molecule has 1 atom stereocenters. The lowest BCUT2D eigenvalue weighted by Gasteiger charge is -2.14. The Kier molecular flexibility index (Phi) is 5.56. The molecule has 0 aliphatic rings. The Morgan fingerprint density at radius 3 is 2.64 bits per heavy atom. The minimum absolute atomic E-state index is 0.111. The molecular weight excluding hydrogens is 144 g/mol. The number of carbonyl (C=O) groups excluding carboxylic acids is 1. The molecule has 1 unspecified atom stereocenters. The Morgan fingerprint density at radius 2 is 2.27 bits per heavy atom. The fraction of sp³-hybridized carbons (Fsp3) is 0.857. The van der Waals surface area contributed by atoms with Crippen LogP contribution in [0.4, 0.5) is 4.79 Å². The second kappa shape index (κ2) is 5.97. The summed E-state index contributed by atoms with van der Waals surface area (Å²) in [7, 11) is 3.21. The summed E-state index contributed by atoms with van der Waals surface area (Å²) in [6, 6.07) is -0.0474. The molecule has 0 aromatic heterocycles. The van der Waals surface area contributed by atoms with Gasteiger partial charge in [0.15, 0.2) is 0 Å². The molecule has 0 spiro atoms. The molecule has 0 radical (unpaired) electrons. The van der Waals surface area contributed by atoms with Crippen LogP contribution in [0.25, 0.3) is 0 Å². The third kappa shape index (κ3) is 4.61. The SMILES string of the molecule is CCC(COC)NC(=O)NC. The van der Waals surface area contributed by atoms with E-state index in [0.717, 1.165) is 6.42 Å². The van der Waals surface area contributed by atoms with E-state index in [1.54, 1.807) is 14.2 Å². The smallest absolute Gasteiger partial charge is 0.314 e. The Morgan fingerprint density at radius 1 is 1.64 bits per heavy atom. The Balaban J connectivity index is 3.58. The van der Waals surface area contributed by atoms with E-state index in [0.29, 0.717) is 6.61 Å². The van der Waals surface area contributed by atoms with Crippen molar-refractivity contribution in [3.8, 4) is 0 Å². The highest BCUT2D eigenvalue weighted by molar-refractivity contribution is 5.73. The van der Waals surface area contributed by atoms with Crippen LogP contribution in [0.3, 0.4) is 0 Å². The van der Waals surface area contributed by atoms with Gasteiger partial charge in [0, 0.05) is 14.2 Å². The number of nitrogens with one attached hydrogen (secondary N) is 2. The molecule has 0 fully saturated rings. The van der Waals surface area contributed by atoms with Gasteiger partial charge in [-0.15, -0.1) is 0 Å². The highest BCUT2D eigenvalue weighted by Crippen LogP contribution is 1.90. The van der Waals surface area contributed by atoms with Gasteiger partial charge in [-0.1, -0.05) is 6.92 Å². The second-order valence-electron chi connectivity index (χ2n) is 2.28. The van der Waals surface area contributed by atoms with Crippen molar-refractivity contribution in [3.05, 3.63) is 0 Å². The zero-order chi connectivity index (χ0) is 8.69. The predicted molar refractivity (Wildman–Crippen MR) is 43.5 cm³/mol. The third-order valence-corrected chi connectivity index (χ3v) is 1.42. The van der Waals surface area contributed by atoms with Crippen molar-refractivity contribution in [2.24, 2.45) is 0 Å². The summed E-state index contributed by atoms with van der Waals surface area (Å²) in [5.41, 5.74) is 0. The van der Waals surface area contributed by atoms with Crippen LogP contribution in [-0.4, -0.2) is 32.8 Å². The lowest BCUT2D eigenvalue weighted by molar-refractivity contribution is 0.164. The van der Waals surface area contributed by atoms with E-state index in [-0.39, 0.29) is 12.1 Å². The lowest BCUT2D eigenvalue weighted by Crippen LogP contribution is -2.42. The molecule has 11 heavy (non-hydrogen) atoms. The van der Waals surface area contributed by atoms with Gasteiger partial charge in [0.1, 0.15) is 0 Å². The van der Waals surface area contributed by atoms with Crippen LogP contribution in [-0.2, 0) is 4.74 Å². The normalized spacial score (nSPS) is 12.3. The van der Waals surface area contributed by atoms with Crippen LogP contribution < -0.4 is 10.6 Å². The highest BCUT2D eigenvalue weighted by atomic mass is 16.5. The number of rotatable bonds is 4. The fourth-order valence-electron chi connectivity index (χ4n) is 0.720. The summed E-state index contributed by atoms with van der Waals surface area (Å²) in [4.78, 5) is 10.8. The fourth-order valence-corrected chi connectivity index (χ4v) is 0.720. The molecule has 0 aromatic rings. The summed E-state index contributed by atoms with van der Waals surface area (Å²) in [5, 5.41) is 5.22. The van der Waals surface area contributed by atoms with E-state index < -0.39 is 0 Å². The van der Waals surface area contributed by atoms with Gasteiger partial charge >= 0.3 is 6.03 Å². The topological polar surface area (TPSA) is 50.4 Å². The molecule has 4 heteroatoms. The molecule has 0 aliphatic carbocycles. The average Bonchev–Trinajstić information content (AvgIpc) is 2.03.